The minimum atomic E-state index is -3.81. The Morgan fingerprint density at radius 2 is 1.73 bits per heavy atom. The van der Waals surface area contributed by atoms with E-state index in [9.17, 15) is 27.6 Å². The summed E-state index contributed by atoms with van der Waals surface area (Å²) in [7, 11) is -3.81. The molecule has 2 aliphatic carbocycles. The largest absolute Gasteiger partial charge is 0.366 e. The van der Waals surface area contributed by atoms with E-state index in [-0.39, 0.29) is 11.8 Å². The number of allylic oxidation sites excluding steroid dienone is 3. The Hall–Kier alpha value is -3.21. The van der Waals surface area contributed by atoms with E-state index in [0.717, 1.165) is 38.5 Å². The fourth-order valence-corrected chi connectivity index (χ4v) is 6.09. The highest BCUT2D eigenvalue weighted by molar-refractivity contribution is 7.91. The van der Waals surface area contributed by atoms with Crippen LogP contribution in [0.1, 0.15) is 84.5 Å². The number of rotatable bonds is 15. The summed E-state index contributed by atoms with van der Waals surface area (Å²) in [6.07, 6.45) is 14.4. The molecule has 10 nitrogen and oxygen atoms in total. The second kappa shape index (κ2) is 14.6. The Bertz CT molecular complexity index is 1170. The summed E-state index contributed by atoms with van der Waals surface area (Å²) in [6, 6.07) is -0.633. The lowest BCUT2D eigenvalue weighted by Crippen LogP contribution is -2.57. The Balaban J connectivity index is 0.000000642. The fourth-order valence-electron chi connectivity index (χ4n) is 4.78. The molecule has 2 saturated carbocycles. The van der Waals surface area contributed by atoms with E-state index in [1.54, 1.807) is 30.9 Å². The first kappa shape index (κ1) is 34.0. The van der Waals surface area contributed by atoms with Crippen molar-refractivity contribution < 1.29 is 27.6 Å². The fraction of sp³-hybridized carbons (Fsp3) is 0.600. The van der Waals surface area contributed by atoms with Gasteiger partial charge in [0.1, 0.15) is 11.6 Å². The maximum absolute atomic E-state index is 13.1. The molecule has 1 unspecified atom stereocenters. The molecule has 41 heavy (non-hydrogen) atoms. The molecule has 0 bridgehead atoms. The van der Waals surface area contributed by atoms with Crippen LogP contribution in [0.25, 0.3) is 0 Å². The van der Waals surface area contributed by atoms with E-state index in [2.05, 4.69) is 29.8 Å². The minimum Gasteiger partial charge on any atom is -0.366 e. The van der Waals surface area contributed by atoms with Gasteiger partial charge in [-0.25, -0.2) is 8.42 Å². The standard InChI is InChI=1S/C24H37N3O5S.C6H9NO/c1-4-6-7-8-9-10-13-20(28)27-16-11-12-19(27)21(29)25-24(17-18(24)5-2)22(30)26-33(31,32)23(3)14-15-23;1-3-4-5(2)6(7)8/h4-5,18-19H,1-2,6-17H2,3H3,(H,25,29)(H,26,30);3-4H,1H2,2H3,(H2,7,8)/b;5-4+/t18-,19+,24?;/m1./s1. The lowest BCUT2D eigenvalue weighted by atomic mass is 10.1. The number of hydrogen-bond acceptors (Lipinski definition) is 6. The third-order valence-corrected chi connectivity index (χ3v) is 10.2. The van der Waals surface area contributed by atoms with Crippen LogP contribution < -0.4 is 15.8 Å². The Labute approximate surface area is 244 Å². The number of unbranched alkanes of at least 4 members (excludes halogenated alkanes) is 4. The molecule has 1 saturated heterocycles. The van der Waals surface area contributed by atoms with Gasteiger partial charge in [0.15, 0.2) is 0 Å². The number of carbonyl (C=O) groups is 4. The van der Waals surface area contributed by atoms with Gasteiger partial charge in [-0.3, -0.25) is 23.9 Å². The second-order valence-electron chi connectivity index (χ2n) is 11.3. The summed E-state index contributed by atoms with van der Waals surface area (Å²) >= 11 is 0. The van der Waals surface area contributed by atoms with Crippen LogP contribution in [0.5, 0.6) is 0 Å². The van der Waals surface area contributed by atoms with Crippen LogP contribution in [0, 0.1) is 5.92 Å². The van der Waals surface area contributed by atoms with E-state index in [0.29, 0.717) is 44.2 Å². The number of nitrogens with two attached hydrogens (primary N) is 1. The zero-order valence-corrected chi connectivity index (χ0v) is 25.3. The lowest BCUT2D eigenvalue weighted by Gasteiger charge is -2.27. The smallest absolute Gasteiger partial charge is 0.259 e. The quantitative estimate of drug-likeness (QED) is 0.115. The molecule has 3 rings (SSSR count). The van der Waals surface area contributed by atoms with Crippen molar-refractivity contribution >= 4 is 33.7 Å². The van der Waals surface area contributed by atoms with Gasteiger partial charge in [-0.15, -0.1) is 13.2 Å². The van der Waals surface area contributed by atoms with Crippen molar-refractivity contribution in [2.75, 3.05) is 6.54 Å². The van der Waals surface area contributed by atoms with Gasteiger partial charge in [0.2, 0.25) is 27.7 Å². The molecule has 0 aromatic rings. The van der Waals surface area contributed by atoms with Crippen LogP contribution in [0.2, 0.25) is 0 Å². The van der Waals surface area contributed by atoms with E-state index < -0.39 is 44.1 Å². The van der Waals surface area contributed by atoms with Gasteiger partial charge < -0.3 is 16.0 Å². The van der Waals surface area contributed by atoms with Crippen LogP contribution >= 0.6 is 0 Å². The molecule has 11 heteroatoms. The minimum absolute atomic E-state index is 0.0461. The van der Waals surface area contributed by atoms with E-state index in [1.165, 1.54) is 6.08 Å². The monoisotopic (exact) mass is 590 g/mol. The Morgan fingerprint density at radius 1 is 1.07 bits per heavy atom. The third kappa shape index (κ3) is 8.89. The van der Waals surface area contributed by atoms with Crippen molar-refractivity contribution in [2.45, 2.75) is 101 Å². The predicted octanol–water partition coefficient (Wildman–Crippen LogP) is 3.17. The molecule has 0 aromatic carbocycles. The third-order valence-electron chi connectivity index (χ3n) is 8.06. The highest BCUT2D eigenvalue weighted by Crippen LogP contribution is 2.47. The van der Waals surface area contributed by atoms with E-state index >= 15 is 0 Å². The van der Waals surface area contributed by atoms with Gasteiger partial charge in [0.25, 0.3) is 5.91 Å². The molecule has 4 N–H and O–H groups in total. The maximum atomic E-state index is 13.1. The molecule has 0 aromatic heterocycles. The number of likely N-dealkylation sites (tertiary alicyclic amines) is 1. The van der Waals surface area contributed by atoms with Crippen molar-refractivity contribution in [3.8, 4) is 0 Å². The molecule has 3 fully saturated rings. The summed E-state index contributed by atoms with van der Waals surface area (Å²) in [5, 5.41) is 2.79. The molecule has 0 spiro atoms. The number of nitrogens with one attached hydrogen (secondary N) is 2. The molecular formula is C30H46N4O6S. The highest BCUT2D eigenvalue weighted by atomic mass is 32.2. The number of nitrogens with zero attached hydrogens (tertiary/aromatic N) is 1. The highest BCUT2D eigenvalue weighted by Gasteiger charge is 2.62. The van der Waals surface area contributed by atoms with Gasteiger partial charge in [-0.1, -0.05) is 43.7 Å². The number of hydrogen-bond donors (Lipinski definition) is 3. The van der Waals surface area contributed by atoms with Crippen LogP contribution in [-0.4, -0.2) is 59.8 Å². The van der Waals surface area contributed by atoms with Gasteiger partial charge >= 0.3 is 0 Å². The summed E-state index contributed by atoms with van der Waals surface area (Å²) in [5.41, 5.74) is 4.07. The molecule has 3 aliphatic rings. The van der Waals surface area contributed by atoms with Gasteiger partial charge in [0.05, 0.1) is 4.75 Å². The van der Waals surface area contributed by atoms with Crippen LogP contribution in [-0.2, 0) is 29.2 Å². The van der Waals surface area contributed by atoms with Gasteiger partial charge in [0, 0.05) is 24.5 Å². The molecule has 4 amide bonds. The average molecular weight is 591 g/mol. The lowest BCUT2D eigenvalue weighted by molar-refractivity contribution is -0.139. The van der Waals surface area contributed by atoms with Crippen LogP contribution in [0.4, 0.5) is 0 Å². The second-order valence-corrected chi connectivity index (χ2v) is 13.5. The maximum Gasteiger partial charge on any atom is 0.259 e. The number of primary amides is 1. The van der Waals surface area contributed by atoms with Crippen molar-refractivity contribution in [1.82, 2.24) is 14.9 Å². The first-order valence-corrected chi connectivity index (χ1v) is 15.8. The zero-order valence-electron chi connectivity index (χ0n) is 24.5. The topological polar surface area (TPSA) is 156 Å². The predicted molar refractivity (Wildman–Crippen MR) is 160 cm³/mol. The van der Waals surface area contributed by atoms with Gasteiger partial charge in [-0.2, -0.15) is 0 Å². The van der Waals surface area contributed by atoms with Crippen molar-refractivity contribution in [3.05, 3.63) is 49.6 Å². The van der Waals surface area contributed by atoms with Crippen LogP contribution in [0.15, 0.2) is 49.6 Å². The molecular weight excluding hydrogens is 544 g/mol. The van der Waals surface area contributed by atoms with E-state index in [1.807, 2.05) is 6.08 Å². The van der Waals surface area contributed by atoms with Crippen molar-refractivity contribution in [1.29, 1.82) is 0 Å². The first-order chi connectivity index (χ1) is 19.3. The molecule has 1 aliphatic heterocycles. The summed E-state index contributed by atoms with van der Waals surface area (Å²) in [5.74, 6) is -1.91. The molecule has 3 atom stereocenters. The van der Waals surface area contributed by atoms with E-state index in [4.69, 9.17) is 5.73 Å². The average Bonchev–Trinajstić information content (AvgIpc) is 3.79. The molecule has 228 valence electrons. The Morgan fingerprint density at radius 3 is 2.24 bits per heavy atom. The van der Waals surface area contributed by atoms with Gasteiger partial charge in [-0.05, 0) is 65.2 Å². The number of carbonyl (C=O) groups excluding carboxylic acids is 4. The summed E-state index contributed by atoms with van der Waals surface area (Å²) in [6.45, 7) is 14.6. The van der Waals surface area contributed by atoms with Crippen molar-refractivity contribution in [2.24, 2.45) is 11.7 Å². The number of amides is 4. The summed E-state index contributed by atoms with van der Waals surface area (Å²) < 4.78 is 26.3. The van der Waals surface area contributed by atoms with Crippen LogP contribution in [0.3, 0.4) is 0 Å². The number of sulfonamides is 1. The van der Waals surface area contributed by atoms with Crippen molar-refractivity contribution in [3.63, 3.8) is 0 Å². The molecule has 1 heterocycles. The SMILES string of the molecule is C=C/C=C(\C)C(N)=O.C=CCCCCCCC(=O)N1CCC[C@H]1C(=O)NC1(C(=O)NS(=O)(=O)C2(C)CC2)C[C@H]1C=C. The molecule has 0 radical (unpaired) electrons. The zero-order chi connectivity index (χ0) is 30.8. The Kier molecular flexibility index (Phi) is 12.1. The first-order valence-electron chi connectivity index (χ1n) is 14.3. The normalized spacial score (nSPS) is 24.2. The summed E-state index contributed by atoms with van der Waals surface area (Å²) in [4.78, 5) is 50.6.